The summed E-state index contributed by atoms with van der Waals surface area (Å²) < 4.78 is 0. The van der Waals surface area contributed by atoms with E-state index in [-0.39, 0.29) is 0 Å². The third kappa shape index (κ3) is 3.19. The Morgan fingerprint density at radius 1 is 0.846 bits per heavy atom. The quantitative estimate of drug-likeness (QED) is 0.708. The molecule has 0 aromatic carbocycles. The van der Waals surface area contributed by atoms with Gasteiger partial charge in [-0.1, -0.05) is 38.1 Å². The monoisotopic (exact) mass is 177 g/mol. The predicted octanol–water partition coefficient (Wildman–Crippen LogP) is 3.06. The van der Waals surface area contributed by atoms with E-state index in [1.165, 1.54) is 37.1 Å². The lowest BCUT2D eigenvalue weighted by atomic mass is 9.95. The fraction of sp³-hybridized carbons (Fsp3) is 0.500. The molecule has 0 unspecified atom stereocenters. The van der Waals surface area contributed by atoms with E-state index in [0.717, 1.165) is 0 Å². The number of nitrogens with one attached hydrogen (secondary N) is 1. The van der Waals surface area contributed by atoms with Crippen LogP contribution in [-0.2, 0) is 0 Å². The molecule has 0 spiro atoms. The second kappa shape index (κ2) is 5.76. The molecule has 0 aromatic rings. The molecule has 2 rings (SSSR count). The number of rotatable bonds is 4. The van der Waals surface area contributed by atoms with E-state index < -0.39 is 0 Å². The van der Waals surface area contributed by atoms with E-state index in [1.807, 2.05) is 0 Å². The van der Waals surface area contributed by atoms with Crippen LogP contribution in [0, 0.1) is 0 Å². The number of hydrogen-bond acceptors (Lipinski definition) is 1. The van der Waals surface area contributed by atoms with E-state index in [9.17, 15) is 0 Å². The second-order valence-corrected chi connectivity index (χ2v) is 3.33. The van der Waals surface area contributed by atoms with Gasteiger partial charge in [0.15, 0.2) is 0 Å². The fourth-order valence-corrected chi connectivity index (χ4v) is 1.14. The fourth-order valence-electron chi connectivity index (χ4n) is 1.14. The molecule has 0 saturated heterocycles. The Hall–Kier alpha value is -0.820. The lowest BCUT2D eigenvalue weighted by Gasteiger charge is -2.10. The largest absolute Gasteiger partial charge is 0.317 e. The number of benzene rings is 1. The van der Waals surface area contributed by atoms with E-state index >= 15 is 0 Å². The molecule has 1 heteroatoms. The number of fused-ring (bicyclic) bond motifs is 1. The van der Waals surface area contributed by atoms with Gasteiger partial charge in [0.2, 0.25) is 0 Å². The normalized spacial score (nSPS) is 10.3. The van der Waals surface area contributed by atoms with Gasteiger partial charge in [0, 0.05) is 0 Å². The first kappa shape index (κ1) is 10.3. The topological polar surface area (TPSA) is 12.0 Å². The van der Waals surface area contributed by atoms with Crippen molar-refractivity contribution in [1.29, 1.82) is 0 Å². The van der Waals surface area contributed by atoms with Gasteiger partial charge in [0.25, 0.3) is 0 Å². The molecular formula is C12H19N. The summed E-state index contributed by atoms with van der Waals surface area (Å²) in [6.45, 7) is 6.72. The Morgan fingerprint density at radius 2 is 1.23 bits per heavy atom. The maximum absolute atomic E-state index is 3.28. The highest BCUT2D eigenvalue weighted by Gasteiger charge is 2.03. The Labute approximate surface area is 81.2 Å². The van der Waals surface area contributed by atoms with E-state index in [2.05, 4.69) is 43.4 Å². The second-order valence-electron chi connectivity index (χ2n) is 3.33. The first-order valence-corrected chi connectivity index (χ1v) is 5.19. The zero-order valence-electron chi connectivity index (χ0n) is 8.64. The first-order valence-electron chi connectivity index (χ1n) is 5.19. The van der Waals surface area contributed by atoms with Crippen molar-refractivity contribution >= 4 is 0 Å². The number of hydrogen-bond donors (Lipinski definition) is 1. The maximum Gasteiger partial charge on any atom is -0.00516 e. The maximum atomic E-state index is 3.28. The van der Waals surface area contributed by atoms with E-state index in [0.29, 0.717) is 0 Å². The SMILES string of the molecule is CCCNCCC.c1cc2ccc1-2. The Bertz CT molecular complexity index is 200. The molecule has 13 heavy (non-hydrogen) atoms. The molecule has 0 fully saturated rings. The van der Waals surface area contributed by atoms with Crippen LogP contribution in [0.25, 0.3) is 11.1 Å². The van der Waals surface area contributed by atoms with Crippen molar-refractivity contribution < 1.29 is 0 Å². The average Bonchev–Trinajstić information content (AvgIpc) is 2.13. The van der Waals surface area contributed by atoms with Gasteiger partial charge in [0.05, 0.1) is 0 Å². The lowest BCUT2D eigenvalue weighted by Crippen LogP contribution is -2.14. The molecule has 1 N–H and O–H groups in total. The van der Waals surface area contributed by atoms with Crippen LogP contribution >= 0.6 is 0 Å². The van der Waals surface area contributed by atoms with Crippen LogP contribution in [-0.4, -0.2) is 13.1 Å². The highest BCUT2D eigenvalue weighted by Crippen LogP contribution is 2.29. The molecule has 0 aliphatic heterocycles. The third-order valence-corrected chi connectivity index (χ3v) is 2.07. The van der Waals surface area contributed by atoms with E-state index in [4.69, 9.17) is 0 Å². The van der Waals surface area contributed by atoms with Crippen molar-refractivity contribution in [2.45, 2.75) is 26.7 Å². The van der Waals surface area contributed by atoms with Crippen molar-refractivity contribution in [3.63, 3.8) is 0 Å². The van der Waals surface area contributed by atoms with Crippen molar-refractivity contribution in [2.24, 2.45) is 0 Å². The van der Waals surface area contributed by atoms with Crippen molar-refractivity contribution in [3.05, 3.63) is 24.3 Å². The summed E-state index contributed by atoms with van der Waals surface area (Å²) in [7, 11) is 0. The minimum Gasteiger partial charge on any atom is -0.317 e. The molecule has 0 heterocycles. The standard InChI is InChI=1S/C6H15N.C6H4/c1-3-5-7-6-4-2;1-2-6-4-3-5(1)6/h7H,3-6H2,1-2H3;1-4H. The minimum atomic E-state index is 1.17. The van der Waals surface area contributed by atoms with Gasteiger partial charge >= 0.3 is 0 Å². The summed E-state index contributed by atoms with van der Waals surface area (Å²) in [5.74, 6) is 0. The molecule has 0 radical (unpaired) electrons. The Kier molecular flexibility index (Phi) is 4.55. The van der Waals surface area contributed by atoms with Crippen molar-refractivity contribution in [3.8, 4) is 11.1 Å². The van der Waals surface area contributed by atoms with Crippen LogP contribution in [0.1, 0.15) is 26.7 Å². The van der Waals surface area contributed by atoms with Gasteiger partial charge < -0.3 is 5.32 Å². The van der Waals surface area contributed by atoms with Gasteiger partial charge in [-0.2, -0.15) is 0 Å². The van der Waals surface area contributed by atoms with Crippen LogP contribution in [0.4, 0.5) is 0 Å². The molecule has 0 aromatic heterocycles. The van der Waals surface area contributed by atoms with Crippen LogP contribution in [0.3, 0.4) is 0 Å². The molecule has 0 atom stereocenters. The summed E-state index contributed by atoms with van der Waals surface area (Å²) in [6, 6.07) is 8.48. The first-order chi connectivity index (χ1) is 6.38. The van der Waals surface area contributed by atoms with Crippen LogP contribution in [0.5, 0.6) is 0 Å². The molecular weight excluding hydrogens is 158 g/mol. The summed E-state index contributed by atoms with van der Waals surface area (Å²) in [6.07, 6.45) is 2.50. The average molecular weight is 177 g/mol. The van der Waals surface area contributed by atoms with Crippen molar-refractivity contribution in [1.82, 2.24) is 5.32 Å². The lowest BCUT2D eigenvalue weighted by molar-refractivity contribution is 0.662. The molecule has 0 bridgehead atoms. The molecule has 2 aliphatic rings. The van der Waals surface area contributed by atoms with Gasteiger partial charge in [0.1, 0.15) is 0 Å². The van der Waals surface area contributed by atoms with Gasteiger partial charge in [-0.05, 0) is 37.1 Å². The molecule has 72 valence electrons. The van der Waals surface area contributed by atoms with Gasteiger partial charge in [-0.25, -0.2) is 0 Å². The predicted molar refractivity (Wildman–Crippen MR) is 58.9 cm³/mol. The van der Waals surface area contributed by atoms with Crippen LogP contribution < -0.4 is 5.32 Å². The van der Waals surface area contributed by atoms with Crippen LogP contribution in [0.2, 0.25) is 0 Å². The zero-order valence-corrected chi connectivity index (χ0v) is 8.64. The Morgan fingerprint density at radius 3 is 1.38 bits per heavy atom. The van der Waals surface area contributed by atoms with E-state index in [1.54, 1.807) is 0 Å². The van der Waals surface area contributed by atoms with Gasteiger partial charge in [-0.3, -0.25) is 0 Å². The summed E-state index contributed by atoms with van der Waals surface area (Å²) in [4.78, 5) is 0. The minimum absolute atomic E-state index is 1.17. The van der Waals surface area contributed by atoms with Crippen molar-refractivity contribution in [2.75, 3.05) is 13.1 Å². The smallest absolute Gasteiger partial charge is 0.00516 e. The third-order valence-electron chi connectivity index (χ3n) is 2.07. The summed E-state index contributed by atoms with van der Waals surface area (Å²) >= 11 is 0. The van der Waals surface area contributed by atoms with Gasteiger partial charge in [-0.15, -0.1) is 0 Å². The molecule has 2 aliphatic carbocycles. The summed E-state index contributed by atoms with van der Waals surface area (Å²) in [5, 5.41) is 3.28. The highest BCUT2D eigenvalue weighted by atomic mass is 14.8. The Balaban J connectivity index is 0.000000130. The summed E-state index contributed by atoms with van der Waals surface area (Å²) in [5.41, 5.74) is 2.85. The van der Waals surface area contributed by atoms with Crippen LogP contribution in [0.15, 0.2) is 24.3 Å². The highest BCUT2D eigenvalue weighted by molar-refractivity contribution is 5.75. The molecule has 1 nitrogen and oxygen atoms in total. The zero-order chi connectivity index (χ0) is 9.52. The molecule has 0 amide bonds. The molecule has 0 saturated carbocycles.